The van der Waals surface area contributed by atoms with E-state index < -0.39 is 0 Å². The van der Waals surface area contributed by atoms with Crippen molar-refractivity contribution in [2.45, 2.75) is 31.5 Å². The predicted molar refractivity (Wildman–Crippen MR) is 49.9 cm³/mol. The molecule has 0 aromatic heterocycles. The minimum atomic E-state index is -0.0602. The molecule has 2 heteroatoms. The first-order valence-corrected chi connectivity index (χ1v) is 4.74. The number of alkyl halides is 1. The van der Waals surface area contributed by atoms with Crippen LogP contribution in [0, 0.1) is 5.41 Å². The monoisotopic (exact) mass is 216 g/mol. The van der Waals surface area contributed by atoms with Crippen molar-refractivity contribution in [3.05, 3.63) is 12.2 Å². The zero-order valence-electron chi connectivity index (χ0n) is 6.98. The largest absolute Gasteiger partial charge is 0.295 e. The maximum Gasteiger partial charge on any atom is 0.158 e. The Morgan fingerprint density at radius 3 is 2.64 bits per heavy atom. The molecule has 0 unspecified atom stereocenters. The van der Waals surface area contributed by atoms with E-state index in [2.05, 4.69) is 36.4 Å². The fourth-order valence-electron chi connectivity index (χ4n) is 1.32. The molecule has 1 nitrogen and oxygen atoms in total. The molecule has 1 saturated carbocycles. The van der Waals surface area contributed by atoms with Crippen molar-refractivity contribution in [1.29, 1.82) is 0 Å². The van der Waals surface area contributed by atoms with E-state index in [1.165, 1.54) is 0 Å². The Hall–Kier alpha value is -0.110. The van der Waals surface area contributed by atoms with Gasteiger partial charge in [-0.05, 0) is 12.0 Å². The zero-order chi connectivity index (χ0) is 8.65. The van der Waals surface area contributed by atoms with E-state index in [-0.39, 0.29) is 11.2 Å². The van der Waals surface area contributed by atoms with Crippen molar-refractivity contribution in [2.75, 3.05) is 0 Å². The van der Waals surface area contributed by atoms with Gasteiger partial charge in [0, 0.05) is 16.7 Å². The molecule has 1 atom stereocenters. The summed E-state index contributed by atoms with van der Waals surface area (Å²) in [6.45, 7) is 7.94. The van der Waals surface area contributed by atoms with Crippen molar-refractivity contribution in [2.24, 2.45) is 5.41 Å². The van der Waals surface area contributed by atoms with Crippen molar-refractivity contribution in [3.63, 3.8) is 0 Å². The summed E-state index contributed by atoms with van der Waals surface area (Å²) in [5.74, 6) is 0.228. The van der Waals surface area contributed by atoms with E-state index >= 15 is 0 Å². The third-order valence-corrected chi connectivity index (χ3v) is 4.12. The van der Waals surface area contributed by atoms with E-state index in [4.69, 9.17) is 0 Å². The summed E-state index contributed by atoms with van der Waals surface area (Å²) in [7, 11) is 0. The van der Waals surface area contributed by atoms with Crippen LogP contribution in [-0.2, 0) is 4.79 Å². The Morgan fingerprint density at radius 2 is 2.18 bits per heavy atom. The van der Waals surface area contributed by atoms with Crippen molar-refractivity contribution >= 4 is 21.7 Å². The summed E-state index contributed by atoms with van der Waals surface area (Å²) >= 11 is 3.56. The van der Waals surface area contributed by atoms with Crippen LogP contribution in [0.5, 0.6) is 0 Å². The highest BCUT2D eigenvalue weighted by molar-refractivity contribution is 9.09. The molecule has 0 spiro atoms. The van der Waals surface area contributed by atoms with Gasteiger partial charge in [0.15, 0.2) is 5.78 Å². The molecule has 1 aliphatic carbocycles. The molecule has 0 aromatic carbocycles. The first kappa shape index (κ1) is 8.98. The number of carbonyl (C=O) groups excluding carboxylic acids is 1. The molecule has 0 heterocycles. The topological polar surface area (TPSA) is 17.1 Å². The molecule has 1 aliphatic rings. The SMILES string of the molecule is C=C1C(=O)CC[C@@H](Br)C1(C)C. The third-order valence-electron chi connectivity index (χ3n) is 2.52. The summed E-state index contributed by atoms with van der Waals surface area (Å²) in [5, 5.41) is 0. The number of allylic oxidation sites excluding steroid dienone is 1. The lowest BCUT2D eigenvalue weighted by molar-refractivity contribution is -0.117. The van der Waals surface area contributed by atoms with Gasteiger partial charge in [0.05, 0.1) is 0 Å². The number of Topliss-reactive ketones (excluding diaryl/α,β-unsaturated/α-hetero) is 1. The normalized spacial score (nSPS) is 30.6. The van der Waals surface area contributed by atoms with Crippen LogP contribution in [0.25, 0.3) is 0 Å². The van der Waals surface area contributed by atoms with Gasteiger partial charge < -0.3 is 0 Å². The van der Waals surface area contributed by atoms with Gasteiger partial charge in [0.2, 0.25) is 0 Å². The summed E-state index contributed by atoms with van der Waals surface area (Å²) in [5.41, 5.74) is 0.709. The Labute approximate surface area is 76.0 Å². The predicted octanol–water partition coefficient (Wildman–Crippen LogP) is 2.70. The molecule has 0 aromatic rings. The average molecular weight is 217 g/mol. The van der Waals surface area contributed by atoms with Gasteiger partial charge in [-0.15, -0.1) is 0 Å². The molecule has 1 rings (SSSR count). The third kappa shape index (κ3) is 1.41. The van der Waals surface area contributed by atoms with Crippen LogP contribution in [0.1, 0.15) is 26.7 Å². The highest BCUT2D eigenvalue weighted by atomic mass is 79.9. The van der Waals surface area contributed by atoms with Crippen LogP contribution in [-0.4, -0.2) is 10.6 Å². The molecule has 11 heavy (non-hydrogen) atoms. The van der Waals surface area contributed by atoms with Gasteiger partial charge in [0.25, 0.3) is 0 Å². The summed E-state index contributed by atoms with van der Waals surface area (Å²) in [6, 6.07) is 0. The zero-order valence-corrected chi connectivity index (χ0v) is 8.57. The second-order valence-electron chi connectivity index (χ2n) is 3.63. The van der Waals surface area contributed by atoms with Crippen LogP contribution in [0.4, 0.5) is 0 Å². The van der Waals surface area contributed by atoms with Gasteiger partial charge in [-0.25, -0.2) is 0 Å². The summed E-state index contributed by atoms with van der Waals surface area (Å²) < 4.78 is 0. The molecule has 0 saturated heterocycles. The molecule has 62 valence electrons. The van der Waals surface area contributed by atoms with Crippen molar-refractivity contribution < 1.29 is 4.79 Å². The number of hydrogen-bond donors (Lipinski definition) is 0. The molecular weight excluding hydrogens is 204 g/mol. The minimum Gasteiger partial charge on any atom is -0.295 e. The summed E-state index contributed by atoms with van der Waals surface area (Å²) in [6.07, 6.45) is 1.59. The van der Waals surface area contributed by atoms with Crippen molar-refractivity contribution in [1.82, 2.24) is 0 Å². The van der Waals surface area contributed by atoms with Crippen LogP contribution in [0.2, 0.25) is 0 Å². The lowest BCUT2D eigenvalue weighted by atomic mass is 9.73. The second-order valence-corrected chi connectivity index (χ2v) is 4.73. The molecule has 0 amide bonds. The number of rotatable bonds is 0. The maximum atomic E-state index is 11.2. The van der Waals surface area contributed by atoms with E-state index in [1.54, 1.807) is 0 Å². The molecule has 0 bridgehead atoms. The van der Waals surface area contributed by atoms with Gasteiger partial charge in [-0.3, -0.25) is 4.79 Å². The van der Waals surface area contributed by atoms with E-state index in [0.29, 0.717) is 11.2 Å². The lowest BCUT2D eigenvalue weighted by Gasteiger charge is -2.35. The Bertz CT molecular complexity index is 206. The fraction of sp³-hybridized carbons (Fsp3) is 0.667. The highest BCUT2D eigenvalue weighted by Crippen LogP contribution is 2.41. The highest BCUT2D eigenvalue weighted by Gasteiger charge is 2.37. The van der Waals surface area contributed by atoms with Gasteiger partial charge in [-0.1, -0.05) is 36.4 Å². The van der Waals surface area contributed by atoms with Crippen LogP contribution in [0.3, 0.4) is 0 Å². The number of ketones is 1. The number of hydrogen-bond acceptors (Lipinski definition) is 1. The number of halogens is 1. The molecule has 0 aliphatic heterocycles. The fourth-order valence-corrected chi connectivity index (χ4v) is 1.82. The Morgan fingerprint density at radius 1 is 1.64 bits per heavy atom. The van der Waals surface area contributed by atoms with E-state index in [0.717, 1.165) is 12.0 Å². The lowest BCUT2D eigenvalue weighted by Crippen LogP contribution is -2.35. The Balaban J connectivity index is 2.89. The van der Waals surface area contributed by atoms with Crippen LogP contribution in [0.15, 0.2) is 12.2 Å². The van der Waals surface area contributed by atoms with E-state index in [9.17, 15) is 4.79 Å². The molecule has 0 radical (unpaired) electrons. The minimum absolute atomic E-state index is 0.0602. The average Bonchev–Trinajstić information content (AvgIpc) is 1.95. The standard InChI is InChI=1S/C9H13BrO/c1-6-7(11)4-5-8(10)9(6,2)3/h8H,1,4-5H2,2-3H3/t8-/m1/s1. The maximum absolute atomic E-state index is 11.2. The quantitative estimate of drug-likeness (QED) is 0.450. The first-order valence-electron chi connectivity index (χ1n) is 3.83. The molecular formula is C9H13BrO. The number of carbonyl (C=O) groups is 1. The van der Waals surface area contributed by atoms with Crippen molar-refractivity contribution in [3.8, 4) is 0 Å². The Kier molecular flexibility index (Phi) is 2.24. The smallest absolute Gasteiger partial charge is 0.158 e. The van der Waals surface area contributed by atoms with Crippen LogP contribution < -0.4 is 0 Å². The molecule has 0 N–H and O–H groups in total. The first-order chi connectivity index (χ1) is 4.96. The van der Waals surface area contributed by atoms with Gasteiger partial charge >= 0.3 is 0 Å². The van der Waals surface area contributed by atoms with Crippen LogP contribution >= 0.6 is 15.9 Å². The van der Waals surface area contributed by atoms with E-state index in [1.807, 2.05) is 0 Å². The second kappa shape index (κ2) is 2.74. The van der Waals surface area contributed by atoms with Gasteiger partial charge in [0.1, 0.15) is 0 Å². The summed E-state index contributed by atoms with van der Waals surface area (Å²) in [4.78, 5) is 11.6. The van der Waals surface area contributed by atoms with Gasteiger partial charge in [-0.2, -0.15) is 0 Å². The molecule has 1 fully saturated rings.